The second kappa shape index (κ2) is 12.4. The van der Waals surface area contributed by atoms with Gasteiger partial charge in [0.2, 0.25) is 0 Å². The number of ether oxygens (including phenoxy) is 1. The van der Waals surface area contributed by atoms with Crippen molar-refractivity contribution in [1.82, 2.24) is 30.0 Å². The van der Waals surface area contributed by atoms with Crippen LogP contribution in [0.5, 0.6) is 0 Å². The number of pyridine rings is 1. The number of nitrogens with zero attached hydrogens (tertiary/aromatic N) is 5. The van der Waals surface area contributed by atoms with Gasteiger partial charge in [0.05, 0.1) is 18.3 Å². The van der Waals surface area contributed by atoms with E-state index in [9.17, 15) is 14.4 Å². The number of rotatable bonds is 7. The van der Waals surface area contributed by atoms with E-state index in [1.54, 1.807) is 34.1 Å². The van der Waals surface area contributed by atoms with Crippen LogP contribution in [-0.4, -0.2) is 67.3 Å². The van der Waals surface area contributed by atoms with Crippen molar-refractivity contribution in [3.05, 3.63) is 84.2 Å². The maximum atomic E-state index is 13.5. The average Bonchev–Trinajstić information content (AvgIpc) is 3.49. The number of carbonyl (C=O) groups is 3. The summed E-state index contributed by atoms with van der Waals surface area (Å²) in [4.78, 5) is 49.5. The van der Waals surface area contributed by atoms with Gasteiger partial charge in [-0.05, 0) is 74.6 Å². The van der Waals surface area contributed by atoms with Gasteiger partial charge < -0.3 is 20.3 Å². The predicted molar refractivity (Wildman–Crippen MR) is 158 cm³/mol. The molecule has 1 fully saturated rings. The SMILES string of the molecule is CC(C)(C)OC(=O)N1CCCCC1CNC(=O)c1ncccc1NC(=O)c1ccc(Cn2cncn2)c2ccccc12. The number of fused-ring (bicyclic) bond motifs is 1. The highest BCUT2D eigenvalue weighted by Gasteiger charge is 2.31. The molecule has 0 saturated carbocycles. The van der Waals surface area contributed by atoms with Gasteiger partial charge in [0.25, 0.3) is 11.8 Å². The number of nitrogens with one attached hydrogen (secondary N) is 2. The van der Waals surface area contributed by atoms with Crippen LogP contribution >= 0.6 is 0 Å². The van der Waals surface area contributed by atoms with Crippen molar-refractivity contribution in [2.24, 2.45) is 0 Å². The van der Waals surface area contributed by atoms with Crippen molar-refractivity contribution in [3.8, 4) is 0 Å². The first-order chi connectivity index (χ1) is 20.2. The molecule has 1 aliphatic rings. The van der Waals surface area contributed by atoms with Crippen LogP contribution in [-0.2, 0) is 11.3 Å². The van der Waals surface area contributed by atoms with E-state index in [0.717, 1.165) is 35.6 Å². The number of hydrogen-bond donors (Lipinski definition) is 2. The van der Waals surface area contributed by atoms with Crippen LogP contribution in [0.15, 0.2) is 67.4 Å². The molecule has 0 bridgehead atoms. The number of likely N-dealkylation sites (tertiary alicyclic amines) is 1. The van der Waals surface area contributed by atoms with Crippen LogP contribution in [0.3, 0.4) is 0 Å². The molecule has 3 amide bonds. The van der Waals surface area contributed by atoms with Crippen molar-refractivity contribution in [2.75, 3.05) is 18.4 Å². The Kier molecular flexibility index (Phi) is 8.46. The van der Waals surface area contributed by atoms with Gasteiger partial charge in [-0.1, -0.05) is 30.3 Å². The number of amides is 3. The molecule has 218 valence electrons. The van der Waals surface area contributed by atoms with Crippen molar-refractivity contribution >= 4 is 34.4 Å². The van der Waals surface area contributed by atoms with Gasteiger partial charge in [0.1, 0.15) is 18.3 Å². The van der Waals surface area contributed by atoms with Gasteiger partial charge >= 0.3 is 6.09 Å². The minimum absolute atomic E-state index is 0.0950. The number of hydrogen-bond acceptors (Lipinski definition) is 7. The normalized spacial score (nSPS) is 15.3. The summed E-state index contributed by atoms with van der Waals surface area (Å²) in [6.07, 6.45) is 6.85. The second-order valence-electron chi connectivity index (χ2n) is 11.3. The highest BCUT2D eigenvalue weighted by Crippen LogP contribution is 2.25. The van der Waals surface area contributed by atoms with Gasteiger partial charge in [0.15, 0.2) is 5.69 Å². The molecule has 1 aliphatic heterocycles. The molecule has 0 aliphatic carbocycles. The smallest absolute Gasteiger partial charge is 0.410 e. The Morgan fingerprint density at radius 2 is 1.81 bits per heavy atom. The molecule has 2 aromatic heterocycles. The van der Waals surface area contributed by atoms with Crippen LogP contribution in [0.4, 0.5) is 10.5 Å². The third kappa shape index (κ3) is 6.73. The van der Waals surface area contributed by atoms with Crippen molar-refractivity contribution in [1.29, 1.82) is 0 Å². The lowest BCUT2D eigenvalue weighted by atomic mass is 9.99. The van der Waals surface area contributed by atoms with Crippen LogP contribution in [0.2, 0.25) is 0 Å². The summed E-state index contributed by atoms with van der Waals surface area (Å²) in [5.41, 5.74) is 1.25. The summed E-state index contributed by atoms with van der Waals surface area (Å²) in [7, 11) is 0. The molecule has 11 nitrogen and oxygen atoms in total. The third-order valence-electron chi connectivity index (χ3n) is 7.08. The quantitative estimate of drug-likeness (QED) is 0.331. The Balaban J connectivity index is 1.30. The molecular weight excluding hydrogens is 534 g/mol. The monoisotopic (exact) mass is 569 g/mol. The molecule has 5 rings (SSSR count). The molecule has 4 aromatic rings. The van der Waals surface area contributed by atoms with Crippen molar-refractivity contribution < 1.29 is 19.1 Å². The number of anilines is 1. The maximum absolute atomic E-state index is 13.5. The lowest BCUT2D eigenvalue weighted by Crippen LogP contribution is -2.50. The topological polar surface area (TPSA) is 131 Å². The van der Waals surface area contributed by atoms with Crippen LogP contribution in [0, 0.1) is 0 Å². The Bertz CT molecular complexity index is 1580. The second-order valence-corrected chi connectivity index (χ2v) is 11.3. The molecule has 1 saturated heterocycles. The molecule has 42 heavy (non-hydrogen) atoms. The molecule has 0 spiro atoms. The minimum Gasteiger partial charge on any atom is -0.444 e. The van der Waals surface area contributed by atoms with E-state index in [0.29, 0.717) is 24.3 Å². The van der Waals surface area contributed by atoms with Crippen LogP contribution in [0.1, 0.15) is 66.4 Å². The molecular formula is C31H35N7O4. The summed E-state index contributed by atoms with van der Waals surface area (Å²) in [6, 6.07) is 14.5. The molecule has 11 heteroatoms. The Labute approximate surface area is 244 Å². The van der Waals surface area contributed by atoms with E-state index in [1.807, 2.05) is 51.1 Å². The zero-order valence-corrected chi connectivity index (χ0v) is 24.0. The van der Waals surface area contributed by atoms with Gasteiger partial charge in [-0.2, -0.15) is 5.10 Å². The Hall–Kier alpha value is -4.80. The van der Waals surface area contributed by atoms with Crippen molar-refractivity contribution in [2.45, 2.75) is 58.2 Å². The zero-order valence-electron chi connectivity index (χ0n) is 24.0. The van der Waals surface area contributed by atoms with E-state index in [-0.39, 0.29) is 30.3 Å². The van der Waals surface area contributed by atoms with E-state index in [2.05, 4.69) is 25.7 Å². The fraction of sp³-hybridized carbons (Fsp3) is 0.355. The highest BCUT2D eigenvalue weighted by molar-refractivity contribution is 6.15. The van der Waals surface area contributed by atoms with Crippen molar-refractivity contribution in [3.63, 3.8) is 0 Å². The molecule has 2 aromatic carbocycles. The summed E-state index contributed by atoms with van der Waals surface area (Å²) in [6.45, 7) is 6.84. The number of benzene rings is 2. The Morgan fingerprint density at radius 3 is 2.57 bits per heavy atom. The summed E-state index contributed by atoms with van der Waals surface area (Å²) in [5.74, 6) is -0.794. The Morgan fingerprint density at radius 1 is 1.00 bits per heavy atom. The van der Waals surface area contributed by atoms with E-state index >= 15 is 0 Å². The zero-order chi connectivity index (χ0) is 29.7. The van der Waals surface area contributed by atoms with E-state index < -0.39 is 11.5 Å². The molecule has 1 atom stereocenters. The lowest BCUT2D eigenvalue weighted by molar-refractivity contribution is 0.00984. The molecule has 0 radical (unpaired) electrons. The average molecular weight is 570 g/mol. The lowest BCUT2D eigenvalue weighted by Gasteiger charge is -2.36. The van der Waals surface area contributed by atoms with Gasteiger partial charge in [-0.15, -0.1) is 0 Å². The summed E-state index contributed by atoms with van der Waals surface area (Å²) < 4.78 is 7.30. The number of piperidine rings is 1. The molecule has 3 heterocycles. The van der Waals surface area contributed by atoms with Gasteiger partial charge in [-0.3, -0.25) is 9.59 Å². The first-order valence-electron chi connectivity index (χ1n) is 14.1. The van der Waals surface area contributed by atoms with Gasteiger partial charge in [-0.25, -0.2) is 19.4 Å². The van der Waals surface area contributed by atoms with E-state index in [4.69, 9.17) is 4.74 Å². The van der Waals surface area contributed by atoms with Crippen LogP contribution in [0.25, 0.3) is 10.8 Å². The number of carbonyl (C=O) groups excluding carboxylic acids is 3. The highest BCUT2D eigenvalue weighted by atomic mass is 16.6. The van der Waals surface area contributed by atoms with E-state index in [1.165, 1.54) is 12.5 Å². The first-order valence-corrected chi connectivity index (χ1v) is 14.1. The minimum atomic E-state index is -0.605. The largest absolute Gasteiger partial charge is 0.444 e. The predicted octanol–water partition coefficient (Wildman–Crippen LogP) is 4.65. The van der Waals surface area contributed by atoms with Gasteiger partial charge in [0, 0.05) is 24.8 Å². The standard InChI is InChI=1S/C31H35N7O4/c1-31(2,3)42-30(41)38-16-7-6-9-22(38)17-34-29(40)27-26(12-8-15-33-27)36-28(39)25-14-13-21(18-37-20-32-19-35-37)23-10-4-5-11-24(23)25/h4-5,8,10-15,19-20,22H,6-7,9,16-18H2,1-3H3,(H,34,40)(H,36,39). The van der Waals surface area contributed by atoms with Crippen LogP contribution < -0.4 is 10.6 Å². The maximum Gasteiger partial charge on any atom is 0.410 e. The third-order valence-corrected chi connectivity index (χ3v) is 7.08. The fourth-order valence-electron chi connectivity index (χ4n) is 5.13. The summed E-state index contributed by atoms with van der Waals surface area (Å²) >= 11 is 0. The number of aromatic nitrogens is 4. The molecule has 2 N–H and O–H groups in total. The molecule has 1 unspecified atom stereocenters. The first kappa shape index (κ1) is 28.7. The summed E-state index contributed by atoms with van der Waals surface area (Å²) in [5, 5.41) is 11.7. The fourth-order valence-corrected chi connectivity index (χ4v) is 5.13.